The number of carbonyl (C=O) groups excluding carboxylic acids is 1. The highest BCUT2D eigenvalue weighted by Gasteiger charge is 2.22. The molecule has 0 fully saturated rings. The van der Waals surface area contributed by atoms with Crippen molar-refractivity contribution in [3.05, 3.63) is 24.1 Å². The molecule has 0 atom stereocenters. The SMILES string of the molecule is C=CN=C(C(=O)N(CCC)CCC)C(O)=C(C)C. The lowest BCUT2D eigenvalue weighted by atomic mass is 10.1. The molecule has 0 aliphatic rings. The van der Waals surface area contributed by atoms with E-state index in [0.29, 0.717) is 18.7 Å². The Bertz CT molecular complexity index is 347. The van der Waals surface area contributed by atoms with Crippen LogP contribution in [0.1, 0.15) is 40.5 Å². The first-order chi connectivity index (χ1) is 8.49. The van der Waals surface area contributed by atoms with Crippen LogP contribution in [0.25, 0.3) is 0 Å². The van der Waals surface area contributed by atoms with Crippen molar-refractivity contribution < 1.29 is 9.90 Å². The summed E-state index contributed by atoms with van der Waals surface area (Å²) in [5.41, 5.74) is 0.740. The van der Waals surface area contributed by atoms with Gasteiger partial charge >= 0.3 is 0 Å². The summed E-state index contributed by atoms with van der Waals surface area (Å²) in [5.74, 6) is -0.297. The molecule has 0 saturated heterocycles. The Morgan fingerprint density at radius 2 is 1.78 bits per heavy atom. The van der Waals surface area contributed by atoms with E-state index in [-0.39, 0.29) is 17.4 Å². The number of allylic oxidation sites excluding steroid dienone is 1. The summed E-state index contributed by atoms with van der Waals surface area (Å²) in [6.07, 6.45) is 3.04. The minimum Gasteiger partial charge on any atom is -0.506 e. The maximum atomic E-state index is 12.3. The van der Waals surface area contributed by atoms with Crippen LogP contribution in [0.4, 0.5) is 0 Å². The van der Waals surface area contributed by atoms with Crippen molar-refractivity contribution >= 4 is 11.6 Å². The fourth-order valence-electron chi connectivity index (χ4n) is 1.55. The average molecular weight is 252 g/mol. The van der Waals surface area contributed by atoms with E-state index < -0.39 is 0 Å². The molecule has 102 valence electrons. The Labute approximate surface area is 110 Å². The molecule has 4 heteroatoms. The van der Waals surface area contributed by atoms with Gasteiger partial charge in [0.1, 0.15) is 5.76 Å². The van der Waals surface area contributed by atoms with Crippen molar-refractivity contribution in [1.82, 2.24) is 4.90 Å². The first-order valence-corrected chi connectivity index (χ1v) is 6.34. The Morgan fingerprint density at radius 1 is 1.28 bits per heavy atom. The molecule has 1 N–H and O–H groups in total. The Balaban J connectivity index is 5.25. The van der Waals surface area contributed by atoms with Crippen LogP contribution in [0.15, 0.2) is 29.1 Å². The molecule has 18 heavy (non-hydrogen) atoms. The van der Waals surface area contributed by atoms with Gasteiger partial charge in [-0.15, -0.1) is 0 Å². The number of aliphatic imine (C=N–C) groups is 1. The number of rotatable bonds is 7. The smallest absolute Gasteiger partial charge is 0.276 e. The lowest BCUT2D eigenvalue weighted by Gasteiger charge is -2.22. The Hall–Kier alpha value is -1.58. The van der Waals surface area contributed by atoms with Crippen molar-refractivity contribution in [2.75, 3.05) is 13.1 Å². The van der Waals surface area contributed by atoms with Crippen LogP contribution in [0.2, 0.25) is 0 Å². The molecule has 0 spiro atoms. The normalized spacial score (nSPS) is 11.0. The summed E-state index contributed by atoms with van der Waals surface area (Å²) in [6, 6.07) is 0. The quantitative estimate of drug-likeness (QED) is 0.559. The highest BCUT2D eigenvalue weighted by molar-refractivity contribution is 6.44. The maximum Gasteiger partial charge on any atom is 0.276 e. The topological polar surface area (TPSA) is 52.9 Å². The van der Waals surface area contributed by atoms with Gasteiger partial charge in [-0.2, -0.15) is 0 Å². The molecule has 0 bridgehead atoms. The third-order valence-corrected chi connectivity index (χ3v) is 2.40. The Kier molecular flexibility index (Phi) is 7.76. The fourth-order valence-corrected chi connectivity index (χ4v) is 1.55. The van der Waals surface area contributed by atoms with Crippen LogP contribution in [0.3, 0.4) is 0 Å². The van der Waals surface area contributed by atoms with Crippen LogP contribution in [0.5, 0.6) is 0 Å². The van der Waals surface area contributed by atoms with Crippen molar-refractivity contribution in [3.63, 3.8) is 0 Å². The first kappa shape index (κ1) is 16.4. The standard InChI is InChI=1S/C14H24N2O2/c1-6-9-16(10-7-2)14(18)12(15-8-3)13(17)11(4)5/h8,17H,3,6-7,9-10H2,1-2,4-5H3. The number of hydrogen-bond donors (Lipinski definition) is 1. The predicted molar refractivity (Wildman–Crippen MR) is 75.8 cm³/mol. The molecule has 1 amide bonds. The van der Waals surface area contributed by atoms with Gasteiger partial charge in [-0.1, -0.05) is 20.4 Å². The van der Waals surface area contributed by atoms with Crippen molar-refractivity contribution in [2.45, 2.75) is 40.5 Å². The van der Waals surface area contributed by atoms with E-state index in [2.05, 4.69) is 11.6 Å². The molecule has 0 radical (unpaired) electrons. The molecule has 0 aliphatic heterocycles. The third-order valence-electron chi connectivity index (χ3n) is 2.40. The van der Waals surface area contributed by atoms with Gasteiger partial charge in [0.15, 0.2) is 5.71 Å². The number of amides is 1. The minimum atomic E-state index is -0.239. The van der Waals surface area contributed by atoms with E-state index in [1.165, 1.54) is 6.20 Å². The van der Waals surface area contributed by atoms with Gasteiger partial charge in [-0.3, -0.25) is 4.79 Å². The fraction of sp³-hybridized carbons (Fsp3) is 0.571. The molecular weight excluding hydrogens is 228 g/mol. The minimum absolute atomic E-state index is 0.0582. The summed E-state index contributed by atoms with van der Waals surface area (Å²) in [7, 11) is 0. The van der Waals surface area contributed by atoms with Gasteiger partial charge in [0.05, 0.1) is 0 Å². The molecule has 0 aliphatic carbocycles. The van der Waals surface area contributed by atoms with Crippen molar-refractivity contribution in [3.8, 4) is 0 Å². The second kappa shape index (κ2) is 8.50. The van der Waals surface area contributed by atoms with Gasteiger partial charge in [-0.25, -0.2) is 4.99 Å². The third kappa shape index (κ3) is 4.73. The van der Waals surface area contributed by atoms with E-state index >= 15 is 0 Å². The van der Waals surface area contributed by atoms with Crippen molar-refractivity contribution in [2.24, 2.45) is 4.99 Å². The van der Waals surface area contributed by atoms with Gasteiger partial charge in [0.2, 0.25) is 0 Å². The molecule has 0 rings (SSSR count). The summed E-state index contributed by atoms with van der Waals surface area (Å²) < 4.78 is 0. The zero-order valence-corrected chi connectivity index (χ0v) is 11.9. The molecule has 0 heterocycles. The van der Waals surface area contributed by atoms with E-state index in [9.17, 15) is 9.90 Å². The lowest BCUT2D eigenvalue weighted by molar-refractivity contribution is -0.124. The van der Waals surface area contributed by atoms with Crippen LogP contribution in [-0.2, 0) is 4.79 Å². The van der Waals surface area contributed by atoms with Crippen LogP contribution in [-0.4, -0.2) is 34.7 Å². The second-order valence-corrected chi connectivity index (χ2v) is 4.30. The highest BCUT2D eigenvalue weighted by Crippen LogP contribution is 2.07. The highest BCUT2D eigenvalue weighted by atomic mass is 16.3. The van der Waals surface area contributed by atoms with E-state index in [1.54, 1.807) is 18.7 Å². The number of aliphatic hydroxyl groups is 1. The Morgan fingerprint density at radius 3 is 2.11 bits per heavy atom. The zero-order chi connectivity index (χ0) is 14.1. The molecule has 4 nitrogen and oxygen atoms in total. The van der Waals surface area contributed by atoms with Gasteiger partial charge < -0.3 is 10.0 Å². The molecule has 0 aromatic carbocycles. The van der Waals surface area contributed by atoms with Gasteiger partial charge in [-0.05, 0) is 32.3 Å². The van der Waals surface area contributed by atoms with Crippen LogP contribution < -0.4 is 0 Å². The largest absolute Gasteiger partial charge is 0.506 e. The number of carbonyl (C=O) groups is 1. The number of nitrogens with zero attached hydrogens (tertiary/aromatic N) is 2. The second-order valence-electron chi connectivity index (χ2n) is 4.30. The van der Waals surface area contributed by atoms with E-state index in [4.69, 9.17) is 0 Å². The zero-order valence-electron chi connectivity index (χ0n) is 11.9. The van der Waals surface area contributed by atoms with Crippen LogP contribution in [0, 0.1) is 0 Å². The summed E-state index contributed by atoms with van der Waals surface area (Å²) in [6.45, 7) is 12.3. The first-order valence-electron chi connectivity index (χ1n) is 6.34. The average Bonchev–Trinajstić information content (AvgIpc) is 2.34. The van der Waals surface area contributed by atoms with Gasteiger partial charge in [0.25, 0.3) is 5.91 Å². The molecular formula is C14H24N2O2. The van der Waals surface area contributed by atoms with E-state index in [0.717, 1.165) is 12.8 Å². The molecule has 0 aromatic rings. The maximum absolute atomic E-state index is 12.3. The number of aliphatic hydroxyl groups excluding tert-OH is 1. The molecule has 0 aromatic heterocycles. The van der Waals surface area contributed by atoms with Crippen LogP contribution >= 0.6 is 0 Å². The summed E-state index contributed by atoms with van der Waals surface area (Å²) in [4.78, 5) is 17.9. The molecule has 0 saturated carbocycles. The van der Waals surface area contributed by atoms with Gasteiger partial charge in [0, 0.05) is 19.3 Å². The predicted octanol–water partition coefficient (Wildman–Crippen LogP) is 3.07. The lowest BCUT2D eigenvalue weighted by Crippen LogP contribution is -2.38. The van der Waals surface area contributed by atoms with E-state index in [1.807, 2.05) is 13.8 Å². The summed E-state index contributed by atoms with van der Waals surface area (Å²) >= 11 is 0. The number of hydrogen-bond acceptors (Lipinski definition) is 3. The summed E-state index contributed by atoms with van der Waals surface area (Å²) in [5, 5.41) is 9.93. The van der Waals surface area contributed by atoms with Crippen molar-refractivity contribution in [1.29, 1.82) is 0 Å². The monoisotopic (exact) mass is 252 g/mol. The molecule has 0 unspecified atom stereocenters.